The molecule has 2 rings (SSSR count). The zero-order valence-electron chi connectivity index (χ0n) is 10.5. The molecule has 1 nitrogen and oxygen atoms in total. The first-order valence-corrected chi connectivity index (χ1v) is 5.91. The number of hydrogen-bond donors (Lipinski definition) is 0. The molecular formula is C15H19N. The number of nitrogens with zero attached hydrogens (tertiary/aromatic N) is 1. The summed E-state index contributed by atoms with van der Waals surface area (Å²) in [5, 5.41) is 1.30. The van der Waals surface area contributed by atoms with Crippen LogP contribution in [0.3, 0.4) is 0 Å². The molecule has 0 unspecified atom stereocenters. The van der Waals surface area contributed by atoms with Crippen LogP contribution in [-0.4, -0.2) is 4.98 Å². The fraction of sp³-hybridized carbons (Fsp3) is 0.400. The van der Waals surface area contributed by atoms with E-state index in [1.165, 1.54) is 16.5 Å². The Balaban J connectivity index is 2.80. The van der Waals surface area contributed by atoms with E-state index in [0.717, 1.165) is 11.9 Å². The summed E-state index contributed by atoms with van der Waals surface area (Å²) in [6.07, 6.45) is 2.95. The molecule has 0 spiro atoms. The molecule has 0 N–H and O–H groups in total. The molecule has 84 valence electrons. The van der Waals surface area contributed by atoms with Crippen molar-refractivity contribution in [3.8, 4) is 0 Å². The fourth-order valence-corrected chi connectivity index (χ4v) is 2.15. The number of hydrogen-bond acceptors (Lipinski definition) is 1. The molecular weight excluding hydrogens is 194 g/mol. The van der Waals surface area contributed by atoms with Crippen LogP contribution < -0.4 is 0 Å². The highest BCUT2D eigenvalue weighted by Gasteiger charge is 2.18. The van der Waals surface area contributed by atoms with Crippen molar-refractivity contribution < 1.29 is 0 Å². The molecule has 1 heterocycles. The van der Waals surface area contributed by atoms with Gasteiger partial charge in [0.05, 0.1) is 5.52 Å². The summed E-state index contributed by atoms with van der Waals surface area (Å²) in [7, 11) is 0. The third kappa shape index (κ3) is 1.82. The molecule has 1 aromatic carbocycles. The average Bonchev–Trinajstić information content (AvgIpc) is 2.26. The Labute approximate surface area is 97.5 Å². The van der Waals surface area contributed by atoms with Crippen molar-refractivity contribution in [2.45, 2.75) is 39.5 Å². The molecule has 0 bridgehead atoms. The number of benzene rings is 1. The van der Waals surface area contributed by atoms with E-state index in [1.54, 1.807) is 0 Å². The largest absolute Gasteiger partial charge is 0.256 e. The van der Waals surface area contributed by atoms with Crippen molar-refractivity contribution in [1.82, 2.24) is 4.98 Å². The number of rotatable bonds is 1. The second-order valence-corrected chi connectivity index (χ2v) is 5.28. The van der Waals surface area contributed by atoms with Gasteiger partial charge in [0.1, 0.15) is 0 Å². The van der Waals surface area contributed by atoms with Gasteiger partial charge in [0.25, 0.3) is 0 Å². The van der Waals surface area contributed by atoms with Crippen molar-refractivity contribution in [2.75, 3.05) is 0 Å². The van der Waals surface area contributed by atoms with Gasteiger partial charge in [-0.1, -0.05) is 45.9 Å². The van der Waals surface area contributed by atoms with Gasteiger partial charge in [0.15, 0.2) is 0 Å². The van der Waals surface area contributed by atoms with Crippen LogP contribution in [0.1, 0.15) is 38.8 Å². The van der Waals surface area contributed by atoms with Gasteiger partial charge >= 0.3 is 0 Å². The Kier molecular flexibility index (Phi) is 2.71. The van der Waals surface area contributed by atoms with E-state index in [0.29, 0.717) is 0 Å². The molecule has 2 aromatic rings. The molecule has 0 radical (unpaired) electrons. The SMILES string of the molecule is CCc1ccc(C(C)(C)C)c2ncccc12. The standard InChI is InChI=1S/C15H19N/c1-5-11-8-9-13(15(2,3)4)14-12(11)7-6-10-16-14/h6-10H,5H2,1-4H3. The monoisotopic (exact) mass is 213 g/mol. The Bertz CT molecular complexity index is 506. The summed E-state index contributed by atoms with van der Waals surface area (Å²) in [4.78, 5) is 4.56. The van der Waals surface area contributed by atoms with Crippen molar-refractivity contribution in [1.29, 1.82) is 0 Å². The van der Waals surface area contributed by atoms with Crippen molar-refractivity contribution in [3.63, 3.8) is 0 Å². The number of pyridine rings is 1. The van der Waals surface area contributed by atoms with Gasteiger partial charge in [-0.15, -0.1) is 0 Å². The minimum Gasteiger partial charge on any atom is -0.256 e. The van der Waals surface area contributed by atoms with Gasteiger partial charge < -0.3 is 0 Å². The highest BCUT2D eigenvalue weighted by molar-refractivity contribution is 5.85. The minimum absolute atomic E-state index is 0.152. The molecule has 1 heteroatoms. The summed E-state index contributed by atoms with van der Waals surface area (Å²) in [6.45, 7) is 8.91. The van der Waals surface area contributed by atoms with E-state index in [9.17, 15) is 0 Å². The Morgan fingerprint density at radius 2 is 1.88 bits per heavy atom. The van der Waals surface area contributed by atoms with Crippen molar-refractivity contribution in [3.05, 3.63) is 41.6 Å². The lowest BCUT2D eigenvalue weighted by Crippen LogP contribution is -2.12. The van der Waals surface area contributed by atoms with Crippen molar-refractivity contribution in [2.24, 2.45) is 0 Å². The summed E-state index contributed by atoms with van der Waals surface area (Å²) >= 11 is 0. The first-order valence-electron chi connectivity index (χ1n) is 5.91. The summed E-state index contributed by atoms with van der Waals surface area (Å²) in [6, 6.07) is 8.67. The zero-order valence-corrected chi connectivity index (χ0v) is 10.5. The third-order valence-electron chi connectivity index (χ3n) is 3.05. The van der Waals surface area contributed by atoms with Gasteiger partial charge in [-0.25, -0.2) is 0 Å². The molecule has 0 fully saturated rings. The molecule has 0 aliphatic heterocycles. The maximum Gasteiger partial charge on any atom is 0.0742 e. The van der Waals surface area contributed by atoms with E-state index in [4.69, 9.17) is 0 Å². The average molecular weight is 213 g/mol. The van der Waals surface area contributed by atoms with Gasteiger partial charge in [0.2, 0.25) is 0 Å². The highest BCUT2D eigenvalue weighted by Crippen LogP contribution is 2.30. The second kappa shape index (κ2) is 3.89. The lowest BCUT2D eigenvalue weighted by atomic mass is 9.84. The second-order valence-electron chi connectivity index (χ2n) is 5.28. The molecule has 1 aromatic heterocycles. The molecule has 0 aliphatic carbocycles. The molecule has 0 saturated heterocycles. The maximum absolute atomic E-state index is 4.56. The Morgan fingerprint density at radius 1 is 1.12 bits per heavy atom. The summed E-state index contributed by atoms with van der Waals surface area (Å²) in [5.41, 5.74) is 4.03. The Morgan fingerprint density at radius 3 is 2.50 bits per heavy atom. The lowest BCUT2D eigenvalue weighted by Gasteiger charge is -2.21. The summed E-state index contributed by atoms with van der Waals surface area (Å²) in [5.74, 6) is 0. The number of aryl methyl sites for hydroxylation is 1. The van der Waals surface area contributed by atoms with Crippen LogP contribution in [-0.2, 0) is 11.8 Å². The predicted molar refractivity (Wildman–Crippen MR) is 69.8 cm³/mol. The van der Waals surface area contributed by atoms with Crippen LogP contribution in [0.4, 0.5) is 0 Å². The van der Waals surface area contributed by atoms with E-state index < -0.39 is 0 Å². The highest BCUT2D eigenvalue weighted by atomic mass is 14.7. The van der Waals surface area contributed by atoms with Gasteiger partial charge in [-0.3, -0.25) is 4.98 Å². The van der Waals surface area contributed by atoms with Crippen LogP contribution in [0, 0.1) is 0 Å². The van der Waals surface area contributed by atoms with E-state index in [2.05, 4.69) is 50.9 Å². The maximum atomic E-state index is 4.56. The first-order chi connectivity index (χ1) is 7.54. The van der Waals surface area contributed by atoms with E-state index >= 15 is 0 Å². The third-order valence-corrected chi connectivity index (χ3v) is 3.05. The van der Waals surface area contributed by atoms with Crippen LogP contribution in [0.5, 0.6) is 0 Å². The first kappa shape index (κ1) is 11.1. The van der Waals surface area contributed by atoms with E-state index in [1.807, 2.05) is 12.3 Å². The molecule has 0 saturated carbocycles. The van der Waals surface area contributed by atoms with Crippen molar-refractivity contribution >= 4 is 10.9 Å². The van der Waals surface area contributed by atoms with E-state index in [-0.39, 0.29) is 5.41 Å². The molecule has 16 heavy (non-hydrogen) atoms. The fourth-order valence-electron chi connectivity index (χ4n) is 2.15. The smallest absolute Gasteiger partial charge is 0.0742 e. The molecule has 0 atom stereocenters. The quantitative estimate of drug-likeness (QED) is 0.695. The number of fused-ring (bicyclic) bond motifs is 1. The normalized spacial score (nSPS) is 12.0. The summed E-state index contributed by atoms with van der Waals surface area (Å²) < 4.78 is 0. The van der Waals surface area contributed by atoms with Gasteiger partial charge in [-0.2, -0.15) is 0 Å². The van der Waals surface area contributed by atoms with Gasteiger partial charge in [0, 0.05) is 11.6 Å². The lowest BCUT2D eigenvalue weighted by molar-refractivity contribution is 0.594. The molecule has 0 aliphatic rings. The zero-order chi connectivity index (χ0) is 11.8. The van der Waals surface area contributed by atoms with Crippen LogP contribution in [0.25, 0.3) is 10.9 Å². The molecule has 0 amide bonds. The number of aromatic nitrogens is 1. The van der Waals surface area contributed by atoms with Gasteiger partial charge in [-0.05, 0) is 29.0 Å². The topological polar surface area (TPSA) is 12.9 Å². The van der Waals surface area contributed by atoms with Crippen LogP contribution in [0.15, 0.2) is 30.5 Å². The van der Waals surface area contributed by atoms with Crippen LogP contribution in [0.2, 0.25) is 0 Å². The minimum atomic E-state index is 0.152. The Hall–Kier alpha value is -1.37. The van der Waals surface area contributed by atoms with Crippen LogP contribution >= 0.6 is 0 Å². The predicted octanol–water partition coefficient (Wildman–Crippen LogP) is 4.09.